The first kappa shape index (κ1) is 11.6. The number of halogens is 1. The van der Waals surface area contributed by atoms with Crippen molar-refractivity contribution in [2.75, 3.05) is 5.32 Å². The van der Waals surface area contributed by atoms with Crippen molar-refractivity contribution in [3.05, 3.63) is 40.7 Å². The van der Waals surface area contributed by atoms with E-state index in [4.69, 9.17) is 0 Å². The molecule has 5 heteroatoms. The van der Waals surface area contributed by atoms with Gasteiger partial charge in [0.2, 0.25) is 5.13 Å². The number of anilines is 1. The molecule has 1 heterocycles. The van der Waals surface area contributed by atoms with Gasteiger partial charge in [-0.2, -0.15) is 0 Å². The van der Waals surface area contributed by atoms with Crippen LogP contribution in [0, 0.1) is 18.7 Å². The molecule has 0 radical (unpaired) electrons. The fourth-order valence-electron chi connectivity index (χ4n) is 2.06. The molecule has 1 aliphatic rings. The molecule has 3 rings (SSSR count). The Hall–Kier alpha value is -1.49. The van der Waals surface area contributed by atoms with Crippen LogP contribution in [-0.4, -0.2) is 10.2 Å². The summed E-state index contributed by atoms with van der Waals surface area (Å²) in [4.78, 5) is 0. The molecule has 1 saturated carbocycles. The fraction of sp³-hybridized carbons (Fsp3) is 0.385. The number of benzene rings is 1. The third-order valence-corrected chi connectivity index (χ3v) is 3.90. The highest BCUT2D eigenvalue weighted by atomic mass is 32.1. The molecular weight excluding hydrogens is 249 g/mol. The summed E-state index contributed by atoms with van der Waals surface area (Å²) in [6, 6.07) is 6.94. The largest absolute Gasteiger partial charge is 0.353 e. The third kappa shape index (κ3) is 2.51. The quantitative estimate of drug-likeness (QED) is 0.916. The Morgan fingerprint density at radius 3 is 2.56 bits per heavy atom. The van der Waals surface area contributed by atoms with Gasteiger partial charge in [0.05, 0.1) is 6.04 Å². The van der Waals surface area contributed by atoms with Gasteiger partial charge < -0.3 is 5.32 Å². The molecule has 0 aliphatic heterocycles. The van der Waals surface area contributed by atoms with Crippen LogP contribution in [0.1, 0.15) is 29.5 Å². The van der Waals surface area contributed by atoms with Crippen LogP contribution >= 0.6 is 11.3 Å². The second-order valence-corrected chi connectivity index (χ2v) is 5.82. The standard InChI is InChI=1S/C13H14FN3S/c1-8-16-17-13(18-8)15-12(9-2-3-9)10-4-6-11(14)7-5-10/h4-7,9,12H,2-3H2,1H3,(H,15,17). The van der Waals surface area contributed by atoms with Crippen LogP contribution in [0.15, 0.2) is 24.3 Å². The Kier molecular flexibility index (Phi) is 2.99. The van der Waals surface area contributed by atoms with Crippen molar-refractivity contribution in [1.82, 2.24) is 10.2 Å². The molecule has 0 saturated heterocycles. The maximum atomic E-state index is 13.0. The second-order valence-electron chi connectivity index (χ2n) is 4.64. The highest BCUT2D eigenvalue weighted by Gasteiger charge is 2.32. The zero-order valence-electron chi connectivity index (χ0n) is 10.1. The first-order valence-corrected chi connectivity index (χ1v) is 6.86. The lowest BCUT2D eigenvalue weighted by molar-refractivity contribution is 0.622. The van der Waals surface area contributed by atoms with Crippen molar-refractivity contribution >= 4 is 16.5 Å². The van der Waals surface area contributed by atoms with Gasteiger partial charge in [-0.1, -0.05) is 23.5 Å². The zero-order valence-corrected chi connectivity index (χ0v) is 10.9. The van der Waals surface area contributed by atoms with E-state index in [0.29, 0.717) is 5.92 Å². The van der Waals surface area contributed by atoms with Gasteiger partial charge in [-0.15, -0.1) is 10.2 Å². The molecule has 1 aromatic carbocycles. The maximum Gasteiger partial charge on any atom is 0.206 e. The van der Waals surface area contributed by atoms with E-state index in [1.807, 2.05) is 19.1 Å². The van der Waals surface area contributed by atoms with Crippen molar-refractivity contribution in [1.29, 1.82) is 0 Å². The minimum absolute atomic E-state index is 0.194. The molecule has 0 amide bonds. The van der Waals surface area contributed by atoms with Gasteiger partial charge in [0, 0.05) is 0 Å². The molecule has 1 N–H and O–H groups in total. The van der Waals surface area contributed by atoms with Gasteiger partial charge in [0.1, 0.15) is 10.8 Å². The molecule has 0 bridgehead atoms. The monoisotopic (exact) mass is 263 g/mol. The van der Waals surface area contributed by atoms with E-state index in [-0.39, 0.29) is 11.9 Å². The topological polar surface area (TPSA) is 37.8 Å². The van der Waals surface area contributed by atoms with Gasteiger partial charge in [-0.05, 0) is 43.4 Å². The maximum absolute atomic E-state index is 13.0. The molecule has 1 atom stereocenters. The number of nitrogens with zero attached hydrogens (tertiary/aromatic N) is 2. The van der Waals surface area contributed by atoms with Crippen molar-refractivity contribution < 1.29 is 4.39 Å². The molecule has 1 fully saturated rings. The van der Waals surface area contributed by atoms with Crippen molar-refractivity contribution in [3.63, 3.8) is 0 Å². The lowest BCUT2D eigenvalue weighted by Gasteiger charge is -2.17. The van der Waals surface area contributed by atoms with Gasteiger partial charge in [-0.25, -0.2) is 4.39 Å². The van der Waals surface area contributed by atoms with E-state index in [9.17, 15) is 4.39 Å². The SMILES string of the molecule is Cc1nnc(NC(c2ccc(F)cc2)C2CC2)s1. The van der Waals surface area contributed by atoms with Crippen LogP contribution in [-0.2, 0) is 0 Å². The Morgan fingerprint density at radius 1 is 1.28 bits per heavy atom. The van der Waals surface area contributed by atoms with Crippen LogP contribution in [0.5, 0.6) is 0 Å². The van der Waals surface area contributed by atoms with Gasteiger partial charge in [-0.3, -0.25) is 0 Å². The van der Waals surface area contributed by atoms with Crippen LogP contribution in [0.3, 0.4) is 0 Å². The first-order valence-electron chi connectivity index (χ1n) is 6.04. The summed E-state index contributed by atoms with van der Waals surface area (Å²) in [6.45, 7) is 1.94. The molecule has 0 spiro atoms. The van der Waals surface area contributed by atoms with Crippen LogP contribution in [0.2, 0.25) is 0 Å². The van der Waals surface area contributed by atoms with Crippen molar-refractivity contribution in [2.45, 2.75) is 25.8 Å². The highest BCUT2D eigenvalue weighted by molar-refractivity contribution is 7.15. The Bertz CT molecular complexity index is 533. The molecule has 3 nitrogen and oxygen atoms in total. The van der Waals surface area contributed by atoms with E-state index in [1.165, 1.54) is 25.0 Å². The lowest BCUT2D eigenvalue weighted by atomic mass is 10.0. The van der Waals surface area contributed by atoms with E-state index in [2.05, 4.69) is 15.5 Å². The Labute approximate surface area is 109 Å². The molecule has 1 unspecified atom stereocenters. The number of hydrogen-bond acceptors (Lipinski definition) is 4. The Morgan fingerprint density at radius 2 is 2.00 bits per heavy atom. The molecule has 1 aromatic heterocycles. The summed E-state index contributed by atoms with van der Waals surface area (Å²) in [5, 5.41) is 13.3. The minimum Gasteiger partial charge on any atom is -0.353 e. The summed E-state index contributed by atoms with van der Waals surface area (Å²) >= 11 is 1.55. The summed E-state index contributed by atoms with van der Waals surface area (Å²) < 4.78 is 13.0. The van der Waals surface area contributed by atoms with E-state index in [1.54, 1.807) is 11.3 Å². The molecular formula is C13H14FN3S. The zero-order chi connectivity index (χ0) is 12.5. The number of rotatable bonds is 4. The molecule has 18 heavy (non-hydrogen) atoms. The number of hydrogen-bond donors (Lipinski definition) is 1. The fourth-order valence-corrected chi connectivity index (χ4v) is 2.69. The number of aryl methyl sites for hydroxylation is 1. The van der Waals surface area contributed by atoms with Gasteiger partial charge in [0.15, 0.2) is 0 Å². The summed E-state index contributed by atoms with van der Waals surface area (Å²) in [5.74, 6) is 0.430. The second kappa shape index (κ2) is 4.65. The highest BCUT2D eigenvalue weighted by Crippen LogP contribution is 2.43. The minimum atomic E-state index is -0.194. The van der Waals surface area contributed by atoms with Crippen LogP contribution < -0.4 is 5.32 Å². The van der Waals surface area contributed by atoms with E-state index >= 15 is 0 Å². The predicted octanol–water partition coefficient (Wildman–Crippen LogP) is 3.55. The Balaban J connectivity index is 1.82. The number of nitrogens with one attached hydrogen (secondary N) is 1. The molecule has 2 aromatic rings. The average Bonchev–Trinajstić information content (AvgIpc) is 3.12. The third-order valence-electron chi connectivity index (χ3n) is 3.13. The summed E-state index contributed by atoms with van der Waals surface area (Å²) in [7, 11) is 0. The van der Waals surface area contributed by atoms with E-state index < -0.39 is 0 Å². The lowest BCUT2D eigenvalue weighted by Crippen LogP contribution is -2.12. The smallest absolute Gasteiger partial charge is 0.206 e. The van der Waals surface area contributed by atoms with Crippen LogP contribution in [0.4, 0.5) is 9.52 Å². The first-order chi connectivity index (χ1) is 8.72. The summed E-state index contributed by atoms with van der Waals surface area (Å²) in [6.07, 6.45) is 2.43. The summed E-state index contributed by atoms with van der Waals surface area (Å²) in [5.41, 5.74) is 1.12. The average molecular weight is 263 g/mol. The molecule has 94 valence electrons. The van der Waals surface area contributed by atoms with Crippen molar-refractivity contribution in [2.24, 2.45) is 5.92 Å². The number of aromatic nitrogens is 2. The normalized spacial score (nSPS) is 16.6. The van der Waals surface area contributed by atoms with E-state index in [0.717, 1.165) is 15.7 Å². The predicted molar refractivity (Wildman–Crippen MR) is 70.1 cm³/mol. The van der Waals surface area contributed by atoms with Crippen LogP contribution in [0.25, 0.3) is 0 Å². The molecule has 1 aliphatic carbocycles. The van der Waals surface area contributed by atoms with Crippen molar-refractivity contribution in [3.8, 4) is 0 Å². The van der Waals surface area contributed by atoms with Gasteiger partial charge in [0.25, 0.3) is 0 Å². The van der Waals surface area contributed by atoms with Gasteiger partial charge >= 0.3 is 0 Å².